The molecule has 0 spiro atoms. The lowest BCUT2D eigenvalue weighted by molar-refractivity contribution is -0.139. The first-order valence-electron chi connectivity index (χ1n) is 9.14. The Morgan fingerprint density at radius 1 is 1.22 bits per heavy atom. The molecule has 1 fully saturated rings. The lowest BCUT2D eigenvalue weighted by Gasteiger charge is -2.44. The van der Waals surface area contributed by atoms with Gasteiger partial charge in [0.2, 0.25) is 5.91 Å². The number of carbonyl (C=O) groups excluding carboxylic acids is 2. The van der Waals surface area contributed by atoms with Gasteiger partial charge in [0, 0.05) is 18.8 Å². The van der Waals surface area contributed by atoms with Crippen LogP contribution in [0.1, 0.15) is 28.3 Å². The van der Waals surface area contributed by atoms with Crippen molar-refractivity contribution in [1.82, 2.24) is 9.80 Å². The molecule has 1 saturated heterocycles. The first-order valence-corrected chi connectivity index (χ1v) is 9.14. The third kappa shape index (κ3) is 3.16. The van der Waals surface area contributed by atoms with Crippen molar-refractivity contribution in [1.29, 1.82) is 0 Å². The van der Waals surface area contributed by atoms with E-state index in [2.05, 4.69) is 5.32 Å². The van der Waals surface area contributed by atoms with E-state index < -0.39 is 0 Å². The number of nitrogens with one attached hydrogen (secondary N) is 1. The molecule has 5 nitrogen and oxygen atoms in total. The predicted molar refractivity (Wildman–Crippen MR) is 101 cm³/mol. The molecule has 2 aliphatic heterocycles. The number of piperazine rings is 1. The van der Waals surface area contributed by atoms with Crippen molar-refractivity contribution in [2.24, 2.45) is 0 Å². The van der Waals surface area contributed by atoms with E-state index in [4.69, 9.17) is 0 Å². The molecule has 2 aromatic carbocycles. The van der Waals surface area contributed by atoms with E-state index in [0.29, 0.717) is 19.5 Å². The number of urea groups is 1. The van der Waals surface area contributed by atoms with Crippen LogP contribution in [-0.4, -0.2) is 41.4 Å². The lowest BCUT2D eigenvalue weighted by Crippen LogP contribution is -2.56. The van der Waals surface area contributed by atoms with Gasteiger partial charge in [-0.05, 0) is 60.7 Å². The van der Waals surface area contributed by atoms with Crippen LogP contribution in [0.25, 0.3) is 0 Å². The molecule has 2 aromatic rings. The third-order valence-corrected chi connectivity index (χ3v) is 5.64. The summed E-state index contributed by atoms with van der Waals surface area (Å²) in [5.41, 5.74) is 4.68. The summed E-state index contributed by atoms with van der Waals surface area (Å²) in [5.74, 6) is -0.419. The molecule has 140 valence electrons. The lowest BCUT2D eigenvalue weighted by atomic mass is 9.90. The van der Waals surface area contributed by atoms with Crippen LogP contribution in [0.2, 0.25) is 0 Å². The van der Waals surface area contributed by atoms with Gasteiger partial charge in [0.25, 0.3) is 0 Å². The highest BCUT2D eigenvalue weighted by atomic mass is 19.1. The van der Waals surface area contributed by atoms with Crippen molar-refractivity contribution in [3.63, 3.8) is 0 Å². The number of rotatable bonds is 1. The van der Waals surface area contributed by atoms with E-state index in [1.807, 2.05) is 32.0 Å². The Hall–Kier alpha value is -2.89. The van der Waals surface area contributed by atoms with Gasteiger partial charge in [0.05, 0.1) is 6.04 Å². The summed E-state index contributed by atoms with van der Waals surface area (Å²) in [6, 6.07) is 9.85. The molecule has 2 aliphatic rings. The van der Waals surface area contributed by atoms with Crippen molar-refractivity contribution in [3.8, 4) is 0 Å². The summed E-state index contributed by atoms with van der Waals surface area (Å²) in [4.78, 5) is 28.7. The van der Waals surface area contributed by atoms with E-state index in [1.54, 1.807) is 11.0 Å². The number of nitrogens with zero attached hydrogens (tertiary/aromatic N) is 2. The standard InChI is InChI=1S/C21H22FN3O2/c1-13-4-3-5-18(14(13)2)23-21(27)24-11-19-17-10-16(22)7-6-15(17)8-9-25(19)20(26)12-24/h3-7,10,19H,8-9,11-12H2,1-2H3,(H,23,27). The van der Waals surface area contributed by atoms with Gasteiger partial charge in [-0.1, -0.05) is 18.2 Å². The van der Waals surface area contributed by atoms with Gasteiger partial charge >= 0.3 is 6.03 Å². The van der Waals surface area contributed by atoms with Crippen LogP contribution in [0.4, 0.5) is 14.9 Å². The summed E-state index contributed by atoms with van der Waals surface area (Å²) < 4.78 is 13.8. The van der Waals surface area contributed by atoms with Crippen LogP contribution in [0.3, 0.4) is 0 Å². The van der Waals surface area contributed by atoms with Crippen LogP contribution in [0.5, 0.6) is 0 Å². The second-order valence-corrected chi connectivity index (χ2v) is 7.25. The monoisotopic (exact) mass is 367 g/mol. The molecule has 1 N–H and O–H groups in total. The van der Waals surface area contributed by atoms with E-state index >= 15 is 0 Å². The van der Waals surface area contributed by atoms with Crippen LogP contribution in [0, 0.1) is 19.7 Å². The second-order valence-electron chi connectivity index (χ2n) is 7.25. The average Bonchev–Trinajstić information content (AvgIpc) is 2.65. The molecule has 6 heteroatoms. The van der Waals surface area contributed by atoms with Crippen molar-refractivity contribution in [2.45, 2.75) is 26.3 Å². The van der Waals surface area contributed by atoms with Crippen LogP contribution in [-0.2, 0) is 11.2 Å². The summed E-state index contributed by atoms with van der Waals surface area (Å²) in [6.45, 7) is 4.94. The van der Waals surface area contributed by atoms with E-state index in [1.165, 1.54) is 17.0 Å². The number of carbonyl (C=O) groups is 2. The Kier molecular flexibility index (Phi) is 4.34. The Balaban J connectivity index is 1.58. The molecule has 0 radical (unpaired) electrons. The third-order valence-electron chi connectivity index (χ3n) is 5.64. The van der Waals surface area contributed by atoms with Gasteiger partial charge in [0.15, 0.2) is 0 Å². The fourth-order valence-electron chi connectivity index (χ4n) is 3.93. The number of hydrogen-bond donors (Lipinski definition) is 1. The van der Waals surface area contributed by atoms with Crippen molar-refractivity contribution in [3.05, 3.63) is 64.5 Å². The molecule has 0 bridgehead atoms. The van der Waals surface area contributed by atoms with Crippen molar-refractivity contribution >= 4 is 17.6 Å². The highest BCUT2D eigenvalue weighted by Crippen LogP contribution is 2.33. The smallest absolute Gasteiger partial charge is 0.322 e. The Labute approximate surface area is 157 Å². The second kappa shape index (κ2) is 6.68. The van der Waals surface area contributed by atoms with Crippen molar-refractivity contribution in [2.75, 3.05) is 25.0 Å². The first-order chi connectivity index (χ1) is 12.9. The number of anilines is 1. The average molecular weight is 367 g/mol. The predicted octanol–water partition coefficient (Wildman–Crippen LogP) is 3.42. The summed E-state index contributed by atoms with van der Waals surface area (Å²) >= 11 is 0. The van der Waals surface area contributed by atoms with Gasteiger partial charge in [-0.15, -0.1) is 0 Å². The molecule has 3 amide bonds. The fraction of sp³-hybridized carbons (Fsp3) is 0.333. The molecule has 1 unspecified atom stereocenters. The largest absolute Gasteiger partial charge is 0.332 e. The maximum Gasteiger partial charge on any atom is 0.322 e. The fourth-order valence-corrected chi connectivity index (χ4v) is 3.93. The SMILES string of the molecule is Cc1cccc(NC(=O)N2CC(=O)N3CCc4ccc(F)cc4C3C2)c1C. The highest BCUT2D eigenvalue weighted by Gasteiger charge is 2.38. The van der Waals surface area contributed by atoms with Gasteiger partial charge in [0.1, 0.15) is 12.4 Å². The number of benzene rings is 2. The zero-order chi connectivity index (χ0) is 19.1. The minimum Gasteiger partial charge on any atom is -0.332 e. The number of fused-ring (bicyclic) bond motifs is 3. The normalized spacial score (nSPS) is 18.8. The zero-order valence-corrected chi connectivity index (χ0v) is 15.5. The van der Waals surface area contributed by atoms with Gasteiger partial charge in [-0.2, -0.15) is 0 Å². The summed E-state index contributed by atoms with van der Waals surface area (Å²) in [5, 5.41) is 2.91. The highest BCUT2D eigenvalue weighted by molar-refractivity contribution is 5.94. The van der Waals surface area contributed by atoms with Gasteiger partial charge in [-0.25, -0.2) is 9.18 Å². The maximum absolute atomic E-state index is 13.8. The van der Waals surface area contributed by atoms with Crippen molar-refractivity contribution < 1.29 is 14.0 Å². The van der Waals surface area contributed by atoms with E-state index in [-0.39, 0.29) is 30.3 Å². The molecule has 4 rings (SSSR count). The molecule has 0 aromatic heterocycles. The summed E-state index contributed by atoms with van der Waals surface area (Å²) in [6.07, 6.45) is 0.715. The topological polar surface area (TPSA) is 52.7 Å². The Bertz CT molecular complexity index is 928. The van der Waals surface area contributed by atoms with E-state index in [9.17, 15) is 14.0 Å². The van der Waals surface area contributed by atoms with Gasteiger partial charge < -0.3 is 15.1 Å². The first kappa shape index (κ1) is 17.5. The molecule has 1 atom stereocenters. The molecular formula is C21H22FN3O2. The number of aryl methyl sites for hydroxylation is 1. The molecule has 0 aliphatic carbocycles. The quantitative estimate of drug-likeness (QED) is 0.840. The number of halogens is 1. The van der Waals surface area contributed by atoms with Crippen LogP contribution in [0.15, 0.2) is 36.4 Å². The Morgan fingerprint density at radius 3 is 2.85 bits per heavy atom. The molecule has 0 saturated carbocycles. The molecule has 27 heavy (non-hydrogen) atoms. The zero-order valence-electron chi connectivity index (χ0n) is 15.5. The number of hydrogen-bond acceptors (Lipinski definition) is 2. The molecular weight excluding hydrogens is 345 g/mol. The van der Waals surface area contributed by atoms with Gasteiger partial charge in [-0.3, -0.25) is 4.79 Å². The van der Waals surface area contributed by atoms with Crippen LogP contribution < -0.4 is 5.32 Å². The Morgan fingerprint density at radius 2 is 2.04 bits per heavy atom. The molecule has 2 heterocycles. The minimum absolute atomic E-state index is 0.0395. The van der Waals surface area contributed by atoms with E-state index in [0.717, 1.165) is 27.9 Å². The minimum atomic E-state index is -0.319. The summed E-state index contributed by atoms with van der Waals surface area (Å²) in [7, 11) is 0. The van der Waals surface area contributed by atoms with Crippen LogP contribution >= 0.6 is 0 Å². The number of amides is 3. The maximum atomic E-state index is 13.8.